The highest BCUT2D eigenvalue weighted by molar-refractivity contribution is 6.31. The number of Topliss-reactive ketones (excluding diaryl/α,β-unsaturated/α-hetero) is 1. The second kappa shape index (κ2) is 12.5. The number of nitrogens with zero attached hydrogens (tertiary/aromatic N) is 2. The van der Waals surface area contributed by atoms with Crippen LogP contribution in [0.25, 0.3) is 22.2 Å². The van der Waals surface area contributed by atoms with E-state index in [4.69, 9.17) is 32.9 Å². The smallest absolute Gasteiger partial charge is 0.339 e. The van der Waals surface area contributed by atoms with E-state index in [1.807, 2.05) is 0 Å². The molecular formula is C34H27Cl2FN2O5. The fraction of sp³-hybridized carbons (Fsp3) is 0.265. The number of benzene rings is 3. The Labute approximate surface area is 262 Å². The van der Waals surface area contributed by atoms with E-state index in [9.17, 15) is 23.6 Å². The van der Waals surface area contributed by atoms with E-state index < -0.39 is 23.7 Å². The number of hydrogen-bond donors (Lipinski definition) is 0. The molecule has 2 heterocycles. The fourth-order valence-electron chi connectivity index (χ4n) is 6.05. The van der Waals surface area contributed by atoms with Gasteiger partial charge in [0.2, 0.25) is 17.6 Å². The minimum Gasteiger partial charge on any atom is -0.450 e. The SMILES string of the molecule is O=C(OC(CCCl)C(=O)c1ccc(F)cc1)c1cc(-c2ccc(N3C(=O)C4CCCCC4C3=O)cc2)nc2ccc(Cl)cc12. The van der Waals surface area contributed by atoms with Gasteiger partial charge in [0, 0.05) is 33.8 Å². The maximum absolute atomic E-state index is 13.6. The van der Waals surface area contributed by atoms with E-state index in [1.54, 1.807) is 48.5 Å². The van der Waals surface area contributed by atoms with Crippen LogP contribution in [-0.2, 0) is 14.3 Å². The molecule has 0 bridgehead atoms. The van der Waals surface area contributed by atoms with E-state index >= 15 is 0 Å². The highest BCUT2D eigenvalue weighted by Gasteiger charge is 2.48. The molecule has 3 atom stereocenters. The number of halogens is 3. The zero-order chi connectivity index (χ0) is 31.0. The number of fused-ring (bicyclic) bond motifs is 2. The average molecular weight is 634 g/mol. The van der Waals surface area contributed by atoms with Crippen LogP contribution in [0, 0.1) is 17.7 Å². The molecular weight excluding hydrogens is 606 g/mol. The molecule has 0 spiro atoms. The number of aromatic nitrogens is 1. The monoisotopic (exact) mass is 632 g/mol. The van der Waals surface area contributed by atoms with Gasteiger partial charge in [0.1, 0.15) is 5.82 Å². The third-order valence-corrected chi connectivity index (χ3v) is 8.75. The van der Waals surface area contributed by atoms with Crippen LogP contribution < -0.4 is 4.90 Å². The zero-order valence-corrected chi connectivity index (χ0v) is 25.0. The van der Waals surface area contributed by atoms with Gasteiger partial charge < -0.3 is 4.74 Å². The molecule has 44 heavy (non-hydrogen) atoms. The summed E-state index contributed by atoms with van der Waals surface area (Å²) in [5.41, 5.74) is 2.36. The molecule has 6 rings (SSSR count). The Balaban J connectivity index is 1.31. The fourth-order valence-corrected chi connectivity index (χ4v) is 6.42. The first kappa shape index (κ1) is 29.9. The second-order valence-electron chi connectivity index (χ2n) is 11.0. The van der Waals surface area contributed by atoms with E-state index in [2.05, 4.69) is 0 Å². The number of esters is 1. The van der Waals surface area contributed by atoms with Gasteiger partial charge in [-0.25, -0.2) is 14.2 Å². The number of imide groups is 1. The molecule has 3 unspecified atom stereocenters. The number of carbonyl (C=O) groups excluding carboxylic acids is 4. The third-order valence-electron chi connectivity index (χ3n) is 8.29. The third kappa shape index (κ3) is 5.72. The number of hydrogen-bond acceptors (Lipinski definition) is 6. The largest absolute Gasteiger partial charge is 0.450 e. The summed E-state index contributed by atoms with van der Waals surface area (Å²) in [5.74, 6) is -2.54. The summed E-state index contributed by atoms with van der Waals surface area (Å²) in [6, 6.07) is 18.3. The first-order valence-corrected chi connectivity index (χ1v) is 15.3. The lowest BCUT2D eigenvalue weighted by atomic mass is 9.81. The Morgan fingerprint density at radius 1 is 0.932 bits per heavy atom. The van der Waals surface area contributed by atoms with Crippen LogP contribution >= 0.6 is 23.2 Å². The second-order valence-corrected chi connectivity index (χ2v) is 11.8. The van der Waals surface area contributed by atoms with Crippen LogP contribution in [0.15, 0.2) is 72.8 Å². The molecule has 7 nitrogen and oxygen atoms in total. The molecule has 1 aliphatic heterocycles. The minimum absolute atomic E-state index is 0.0505. The molecule has 1 aliphatic carbocycles. The maximum atomic E-state index is 13.6. The van der Waals surface area contributed by atoms with Crippen molar-refractivity contribution in [2.24, 2.45) is 11.8 Å². The molecule has 3 aromatic carbocycles. The summed E-state index contributed by atoms with van der Waals surface area (Å²) in [7, 11) is 0. The number of alkyl halides is 1. The predicted octanol–water partition coefficient (Wildman–Crippen LogP) is 7.41. The van der Waals surface area contributed by atoms with Gasteiger partial charge in [0.15, 0.2) is 6.10 Å². The molecule has 224 valence electrons. The van der Waals surface area contributed by atoms with Crippen molar-refractivity contribution in [2.75, 3.05) is 10.8 Å². The predicted molar refractivity (Wildman–Crippen MR) is 165 cm³/mol. The Morgan fingerprint density at radius 2 is 1.59 bits per heavy atom. The quantitative estimate of drug-likeness (QED) is 0.0869. The maximum Gasteiger partial charge on any atom is 0.339 e. The number of carbonyl (C=O) groups is 4. The van der Waals surface area contributed by atoms with Crippen LogP contribution in [0.2, 0.25) is 5.02 Å². The van der Waals surface area contributed by atoms with Gasteiger partial charge in [0.05, 0.1) is 34.3 Å². The topological polar surface area (TPSA) is 93.6 Å². The Bertz CT molecular complexity index is 1750. The number of anilines is 1. The van der Waals surface area contributed by atoms with Crippen molar-refractivity contribution in [3.63, 3.8) is 0 Å². The number of ether oxygens (including phenoxy) is 1. The molecule has 0 radical (unpaired) electrons. The lowest BCUT2D eigenvalue weighted by Crippen LogP contribution is -2.30. The first-order valence-electron chi connectivity index (χ1n) is 14.4. The first-order chi connectivity index (χ1) is 21.2. The average Bonchev–Trinajstić information content (AvgIpc) is 3.29. The molecule has 1 aromatic heterocycles. The molecule has 10 heteroatoms. The minimum atomic E-state index is -1.20. The van der Waals surface area contributed by atoms with Gasteiger partial charge in [-0.05, 0) is 73.5 Å². The van der Waals surface area contributed by atoms with Crippen LogP contribution in [0.3, 0.4) is 0 Å². The zero-order valence-electron chi connectivity index (χ0n) is 23.5. The number of pyridine rings is 1. The molecule has 2 aliphatic rings. The molecule has 4 aromatic rings. The summed E-state index contributed by atoms with van der Waals surface area (Å²) in [6.07, 6.45) is 2.21. The summed E-state index contributed by atoms with van der Waals surface area (Å²) in [5, 5.41) is 0.809. The number of amides is 2. The highest BCUT2D eigenvalue weighted by Crippen LogP contribution is 2.40. The van der Waals surface area contributed by atoms with Gasteiger partial charge in [-0.1, -0.05) is 36.6 Å². The molecule has 0 N–H and O–H groups in total. The number of ketones is 1. The van der Waals surface area contributed by atoms with E-state index in [-0.39, 0.29) is 47.1 Å². The lowest BCUT2D eigenvalue weighted by molar-refractivity contribution is -0.122. The Hall–Kier alpha value is -4.14. The van der Waals surface area contributed by atoms with E-state index in [1.165, 1.54) is 17.0 Å². The van der Waals surface area contributed by atoms with Crippen LogP contribution in [0.4, 0.5) is 10.1 Å². The number of rotatable bonds is 8. The Kier molecular flexibility index (Phi) is 8.47. The van der Waals surface area contributed by atoms with Crippen molar-refractivity contribution in [1.29, 1.82) is 0 Å². The van der Waals surface area contributed by atoms with E-state index in [0.717, 1.165) is 37.8 Å². The van der Waals surface area contributed by atoms with Crippen molar-refractivity contribution in [2.45, 2.75) is 38.2 Å². The van der Waals surface area contributed by atoms with E-state index in [0.29, 0.717) is 32.9 Å². The van der Waals surface area contributed by atoms with Gasteiger partial charge in [-0.15, -0.1) is 11.6 Å². The van der Waals surface area contributed by atoms with Crippen LogP contribution in [0.1, 0.15) is 52.8 Å². The summed E-state index contributed by atoms with van der Waals surface area (Å²) in [6.45, 7) is 0. The normalized spacial score (nSPS) is 18.8. The lowest BCUT2D eigenvalue weighted by Gasteiger charge is -2.19. The molecule has 1 saturated carbocycles. The van der Waals surface area contributed by atoms with Gasteiger partial charge >= 0.3 is 5.97 Å². The van der Waals surface area contributed by atoms with Crippen molar-refractivity contribution < 1.29 is 28.3 Å². The van der Waals surface area contributed by atoms with Crippen molar-refractivity contribution in [1.82, 2.24) is 4.98 Å². The van der Waals surface area contributed by atoms with Gasteiger partial charge in [-0.2, -0.15) is 0 Å². The summed E-state index contributed by atoms with van der Waals surface area (Å²) in [4.78, 5) is 58.9. The van der Waals surface area contributed by atoms with Gasteiger partial charge in [0.25, 0.3) is 0 Å². The standard InChI is InChI=1S/C34H27Cl2FN2O5/c35-16-15-30(31(40)20-5-10-22(37)11-6-20)44-34(43)27-18-29(38-28-14-9-21(36)17-26(27)28)19-7-12-23(13-8-19)39-32(41)24-3-1-2-4-25(24)33(39)42/h5-14,17-18,24-25,30H,1-4,15-16H2. The van der Waals surface area contributed by atoms with Crippen LogP contribution in [0.5, 0.6) is 0 Å². The summed E-state index contributed by atoms with van der Waals surface area (Å²) >= 11 is 12.2. The van der Waals surface area contributed by atoms with Gasteiger partial charge in [-0.3, -0.25) is 19.3 Å². The van der Waals surface area contributed by atoms with Crippen molar-refractivity contribution in [3.05, 3.63) is 94.8 Å². The highest BCUT2D eigenvalue weighted by atomic mass is 35.5. The molecule has 2 fully saturated rings. The molecule has 2 amide bonds. The van der Waals surface area contributed by atoms with Crippen molar-refractivity contribution >= 4 is 63.4 Å². The summed E-state index contributed by atoms with van der Waals surface area (Å²) < 4.78 is 19.1. The molecule has 1 saturated heterocycles. The van der Waals surface area contributed by atoms with Crippen molar-refractivity contribution in [3.8, 4) is 11.3 Å². The van der Waals surface area contributed by atoms with Crippen LogP contribution in [-0.4, -0.2) is 40.5 Å². The Morgan fingerprint density at radius 3 is 2.23 bits per heavy atom.